The number of aryl methyl sites for hydroxylation is 4. The van der Waals surface area contributed by atoms with Crippen LogP contribution in [0.5, 0.6) is 0 Å². The van der Waals surface area contributed by atoms with Gasteiger partial charge < -0.3 is 29.4 Å². The van der Waals surface area contributed by atoms with Gasteiger partial charge in [-0.25, -0.2) is 0 Å². The first-order valence-electron chi connectivity index (χ1n) is 38.9. The molecule has 3 aliphatic rings. The van der Waals surface area contributed by atoms with E-state index in [4.69, 9.17) is 0 Å². The fourth-order valence-corrected chi connectivity index (χ4v) is 13.9. The molecule has 120 heavy (non-hydrogen) atoms. The van der Waals surface area contributed by atoms with Crippen LogP contribution in [-0.2, 0) is 60.3 Å². The quantitative estimate of drug-likeness (QED) is 0.111. The van der Waals surface area contributed by atoms with Gasteiger partial charge in [-0.05, 0) is 154 Å². The number of hydrogen-bond acceptors (Lipinski definition) is 9. The van der Waals surface area contributed by atoms with E-state index >= 15 is 0 Å². The number of nitrogens with zero attached hydrogens (tertiary/aromatic N) is 12. The summed E-state index contributed by atoms with van der Waals surface area (Å²) in [5.74, 6) is 0. The zero-order chi connectivity index (χ0) is 80.2. The molecule has 0 bridgehead atoms. The second-order valence-corrected chi connectivity index (χ2v) is 28.2. The second-order valence-electron chi connectivity index (χ2n) is 28.2. The van der Waals surface area contributed by atoms with Crippen molar-refractivity contribution in [3.63, 3.8) is 0 Å². The summed E-state index contributed by atoms with van der Waals surface area (Å²) in [6.07, 6.45) is 7.69. The molecule has 3 aromatic heterocycles. The maximum absolute atomic E-state index is 4.37. The molecule has 14 aromatic carbocycles. The molecule has 594 valence electrons. The number of benzene rings is 14. The topological polar surface area (TPSA) is 72.9 Å². The molecule has 0 atom stereocenters. The summed E-state index contributed by atoms with van der Waals surface area (Å²) in [5, 5.41) is 12.8. The van der Waals surface area contributed by atoms with Gasteiger partial charge in [0.25, 0.3) is 0 Å². The third-order valence-electron chi connectivity index (χ3n) is 19.9. The van der Waals surface area contributed by atoms with Crippen molar-refractivity contribution in [3.8, 4) is 83.8 Å². The van der Waals surface area contributed by atoms with Crippen molar-refractivity contribution in [1.29, 1.82) is 0 Å². The van der Waals surface area contributed by atoms with Crippen molar-refractivity contribution in [1.82, 2.24) is 34.2 Å². The van der Waals surface area contributed by atoms with Crippen LogP contribution >= 0.6 is 0 Å². The fraction of sp³-hybridized carbons (Fsp3) is 0.0667. The Hall–Kier alpha value is -12.8. The van der Waals surface area contributed by atoms with Crippen LogP contribution in [0.4, 0.5) is 39.8 Å². The molecular formula is C105H87Ir3N12. The molecule has 3 aliphatic heterocycles. The van der Waals surface area contributed by atoms with Crippen LogP contribution in [0.1, 0.15) is 22.8 Å². The maximum Gasteiger partial charge on any atom is 3.00 e. The number of aromatic nitrogens is 6. The molecule has 15 heteroatoms. The summed E-state index contributed by atoms with van der Waals surface area (Å²) in [7, 11) is 6.15. The predicted molar refractivity (Wildman–Crippen MR) is 481 cm³/mol. The minimum atomic E-state index is 0. The fourth-order valence-electron chi connectivity index (χ4n) is 13.9. The van der Waals surface area contributed by atoms with Crippen LogP contribution in [0, 0.1) is 84.1 Å². The van der Waals surface area contributed by atoms with Crippen LogP contribution in [0.25, 0.3) is 83.8 Å². The summed E-state index contributed by atoms with van der Waals surface area (Å²) in [4.78, 5) is 12.7. The van der Waals surface area contributed by atoms with Gasteiger partial charge in [0.2, 0.25) is 0 Å². The number of para-hydroxylation sites is 7. The van der Waals surface area contributed by atoms with Crippen molar-refractivity contribution < 1.29 is 60.3 Å². The Morgan fingerprint density at radius 2 is 0.592 bits per heavy atom. The average molecular weight is 2090 g/mol. The van der Waals surface area contributed by atoms with Crippen molar-refractivity contribution >= 4 is 39.8 Å². The first-order valence-corrected chi connectivity index (χ1v) is 38.9. The third-order valence-corrected chi connectivity index (χ3v) is 19.9. The molecule has 12 nitrogen and oxygen atoms in total. The number of rotatable bonds is 12. The van der Waals surface area contributed by atoms with Crippen molar-refractivity contribution in [2.24, 2.45) is 0 Å². The van der Waals surface area contributed by atoms with Gasteiger partial charge in [0, 0.05) is 46.5 Å². The van der Waals surface area contributed by atoms with Gasteiger partial charge in [-0.1, -0.05) is 205 Å². The van der Waals surface area contributed by atoms with E-state index in [0.717, 1.165) is 56.9 Å². The third kappa shape index (κ3) is 21.7. The largest absolute Gasteiger partial charge is 3.00 e. The Bertz CT molecular complexity index is 5720. The Balaban J connectivity index is 0.000000136. The van der Waals surface area contributed by atoms with E-state index in [1.807, 2.05) is 177 Å². The van der Waals surface area contributed by atoms with Crippen molar-refractivity contribution in [2.45, 2.75) is 27.7 Å². The van der Waals surface area contributed by atoms with Gasteiger partial charge in [0.05, 0.1) is 11.4 Å². The summed E-state index contributed by atoms with van der Waals surface area (Å²) in [5.41, 5.74) is 29.8. The second kappa shape index (κ2) is 42.0. The molecular weight excluding hydrogens is 2010 g/mol. The van der Waals surface area contributed by atoms with E-state index in [-0.39, 0.29) is 60.3 Å². The Morgan fingerprint density at radius 1 is 0.275 bits per heavy atom. The number of fused-ring (bicyclic) bond motifs is 2. The monoisotopic (exact) mass is 2090 g/mol. The zero-order valence-corrected chi connectivity index (χ0v) is 74.7. The Kier molecular flexibility index (Phi) is 30.3. The van der Waals surface area contributed by atoms with Gasteiger partial charge in [-0.2, -0.15) is 163 Å². The van der Waals surface area contributed by atoms with E-state index in [0.29, 0.717) is 0 Å². The molecule has 0 aliphatic carbocycles. The smallest absolute Gasteiger partial charge is 0.510 e. The van der Waals surface area contributed by atoms with Crippen molar-refractivity contribution in [3.05, 3.63) is 462 Å². The molecule has 6 heterocycles. The van der Waals surface area contributed by atoms with Gasteiger partial charge in [-0.3, -0.25) is 14.0 Å². The van der Waals surface area contributed by atoms with Crippen LogP contribution < -0.4 is 24.5 Å². The van der Waals surface area contributed by atoms with Crippen LogP contribution in [0.2, 0.25) is 0 Å². The first-order chi connectivity index (χ1) is 57.4. The van der Waals surface area contributed by atoms with Gasteiger partial charge >= 0.3 is 60.3 Å². The average Bonchev–Trinajstić information content (AvgIpc) is 1.64. The van der Waals surface area contributed by atoms with E-state index in [9.17, 15) is 0 Å². The SMILES string of the molecule is CN1C=CN(c2[c-]cc(-c3ccc(-c4ccccc4)cc3)cc2)[CH-]1.CN1[CH-]N(c2[c-]cc(-c3ccc(-c4ccccc4)cc3)cc2)c2ccccc21.CN1[CH-]N(c2[c-]cc(-c3ccc(-c4ccccc4)cc3)cc2)c2ccccc21.Cc1cc(C)n(-c2[c-]cccc2)n1.Cc1cc(C)n(-c2[c-]cccc2)n1.[Ir+3].[Ir+3].[Ir+3].[c-]1ccccc1-n1cccn1. The molecule has 0 spiro atoms. The molecule has 0 saturated carbocycles. The Labute approximate surface area is 747 Å². The summed E-state index contributed by atoms with van der Waals surface area (Å²) in [6, 6.07) is 142. The Morgan fingerprint density at radius 3 is 0.892 bits per heavy atom. The van der Waals surface area contributed by atoms with Gasteiger partial charge in [0.1, 0.15) is 0 Å². The molecule has 0 amide bonds. The maximum atomic E-state index is 4.37. The predicted octanol–water partition coefficient (Wildman–Crippen LogP) is 24.5. The zero-order valence-electron chi connectivity index (χ0n) is 67.5. The minimum Gasteiger partial charge on any atom is -0.510 e. The van der Waals surface area contributed by atoms with Crippen LogP contribution in [0.15, 0.2) is 383 Å². The standard InChI is InChI=1S/2C26H20N2.C22H18N2.2C11H11N2.C9H7N2.3Ir/c2*1-27-19-28(26-10-6-5-9-25(26)27)24-17-15-23(16-18-24)22-13-11-21(12-14-22)20-7-3-2-4-8-20;1-23-15-16-24(17-23)22-13-11-21(12-14-22)20-9-7-19(8-10-20)18-5-3-2-4-6-18;2*1-9-8-10(2)13(12-9)11-6-4-3-5-7-11;1-2-5-9(6-3-1)11-8-4-7-10-11;;;/h2*2-17,19H,1H3;2-13,15-17H,1H3;2*3-6,8H,1-2H3;1-5,7-8H;;;/q3*-2;3*-1;3*+3. The molecule has 20 rings (SSSR count). The first kappa shape index (κ1) is 86.5. The summed E-state index contributed by atoms with van der Waals surface area (Å²) >= 11 is 0. The van der Waals surface area contributed by atoms with Gasteiger partial charge in [0.15, 0.2) is 0 Å². The number of anilines is 7. The van der Waals surface area contributed by atoms with E-state index < -0.39 is 0 Å². The molecule has 17 aromatic rings. The van der Waals surface area contributed by atoms with Crippen LogP contribution in [-0.4, -0.2) is 55.4 Å². The molecule has 0 fully saturated rings. The molecule has 0 N–H and O–H groups in total. The van der Waals surface area contributed by atoms with Crippen LogP contribution in [0.3, 0.4) is 0 Å². The molecule has 0 saturated heterocycles. The summed E-state index contributed by atoms with van der Waals surface area (Å²) < 4.78 is 5.57. The van der Waals surface area contributed by atoms with E-state index in [1.54, 1.807) is 10.9 Å². The summed E-state index contributed by atoms with van der Waals surface area (Å²) in [6.45, 7) is 14.3. The normalized spacial score (nSPS) is 11.9. The minimum absolute atomic E-state index is 0. The number of hydrogen-bond donors (Lipinski definition) is 0. The molecule has 0 radical (unpaired) electrons. The van der Waals surface area contributed by atoms with E-state index in [2.05, 4.69) is 358 Å². The van der Waals surface area contributed by atoms with E-state index in [1.165, 1.54) is 89.5 Å². The molecule has 0 unspecified atom stereocenters. The van der Waals surface area contributed by atoms with Gasteiger partial charge in [-0.15, -0.1) is 70.2 Å². The van der Waals surface area contributed by atoms with Crippen molar-refractivity contribution in [2.75, 3.05) is 45.6 Å².